The third kappa shape index (κ3) is 4.73. The van der Waals surface area contributed by atoms with Crippen molar-refractivity contribution in [2.75, 3.05) is 11.5 Å². The molecule has 1 nitrogen and oxygen atoms in total. The third-order valence-corrected chi connectivity index (χ3v) is 3.66. The molecule has 1 N–H and O–H groups in total. The summed E-state index contributed by atoms with van der Waals surface area (Å²) in [6.45, 7) is 4.96. The van der Waals surface area contributed by atoms with Crippen LogP contribution in [0.15, 0.2) is 18.2 Å². The molecule has 1 atom stereocenters. The fourth-order valence-electron chi connectivity index (χ4n) is 1.30. The maximum absolute atomic E-state index is 13.1. The van der Waals surface area contributed by atoms with Crippen LogP contribution in [0.2, 0.25) is 5.02 Å². The minimum absolute atomic E-state index is 0.179. The number of hydrogen-bond donors (Lipinski definition) is 1. The summed E-state index contributed by atoms with van der Waals surface area (Å²) >= 11 is 7.51. The molecule has 0 bridgehead atoms. The Labute approximate surface area is 106 Å². The zero-order valence-corrected chi connectivity index (χ0v) is 11.2. The van der Waals surface area contributed by atoms with Crippen molar-refractivity contribution in [3.8, 4) is 0 Å². The Hall–Kier alpha value is -0.250. The molecule has 0 aromatic heterocycles. The highest BCUT2D eigenvalue weighted by Gasteiger charge is 2.03. The highest BCUT2D eigenvalue weighted by molar-refractivity contribution is 7.99. The summed E-state index contributed by atoms with van der Waals surface area (Å²) in [5.74, 6) is 1.85. The van der Waals surface area contributed by atoms with Gasteiger partial charge in [0.15, 0.2) is 0 Å². The van der Waals surface area contributed by atoms with Gasteiger partial charge in [0.05, 0.1) is 5.02 Å². The molecule has 1 rings (SSSR count). The molecule has 1 unspecified atom stereocenters. The molecule has 0 aliphatic carbocycles. The van der Waals surface area contributed by atoms with E-state index >= 15 is 0 Å². The van der Waals surface area contributed by atoms with Gasteiger partial charge in [-0.25, -0.2) is 4.39 Å². The molecule has 90 valence electrons. The average molecular weight is 262 g/mol. The van der Waals surface area contributed by atoms with Gasteiger partial charge in [0.2, 0.25) is 0 Å². The molecule has 0 heterocycles. The van der Waals surface area contributed by atoms with Gasteiger partial charge >= 0.3 is 0 Å². The minimum atomic E-state index is -0.350. The van der Waals surface area contributed by atoms with Gasteiger partial charge in [0.1, 0.15) is 5.82 Å². The Bertz CT molecular complexity index is 333. The van der Waals surface area contributed by atoms with E-state index in [4.69, 9.17) is 11.6 Å². The fourth-order valence-corrected chi connectivity index (χ4v) is 2.12. The molecule has 0 aliphatic heterocycles. The standard InChI is InChI=1S/C12H17ClFNS/c1-3-16-8-9(2)15-7-10-4-5-11(13)12(14)6-10/h4-6,9,15H,3,7-8H2,1-2H3. The van der Waals surface area contributed by atoms with Crippen LogP contribution in [-0.4, -0.2) is 17.5 Å². The predicted molar refractivity (Wildman–Crippen MR) is 70.7 cm³/mol. The van der Waals surface area contributed by atoms with Crippen LogP contribution in [-0.2, 0) is 6.54 Å². The Kier molecular flexibility index (Phi) is 6.17. The summed E-state index contributed by atoms with van der Waals surface area (Å²) in [7, 11) is 0. The number of hydrogen-bond acceptors (Lipinski definition) is 2. The predicted octanol–water partition coefficient (Wildman–Crippen LogP) is 3.71. The Morgan fingerprint density at radius 2 is 2.25 bits per heavy atom. The van der Waals surface area contributed by atoms with Crippen molar-refractivity contribution in [3.63, 3.8) is 0 Å². The summed E-state index contributed by atoms with van der Waals surface area (Å²) in [4.78, 5) is 0. The van der Waals surface area contributed by atoms with E-state index < -0.39 is 0 Å². The zero-order valence-electron chi connectivity index (χ0n) is 9.59. The normalized spacial score (nSPS) is 12.8. The van der Waals surface area contributed by atoms with Gasteiger partial charge in [-0.05, 0) is 30.4 Å². The van der Waals surface area contributed by atoms with Crippen molar-refractivity contribution < 1.29 is 4.39 Å². The van der Waals surface area contributed by atoms with Crippen molar-refractivity contribution in [2.24, 2.45) is 0 Å². The van der Waals surface area contributed by atoms with E-state index in [1.165, 1.54) is 6.07 Å². The maximum Gasteiger partial charge on any atom is 0.142 e. The van der Waals surface area contributed by atoms with E-state index in [0.29, 0.717) is 12.6 Å². The van der Waals surface area contributed by atoms with Crippen molar-refractivity contribution in [2.45, 2.75) is 26.4 Å². The van der Waals surface area contributed by atoms with Crippen LogP contribution in [0.25, 0.3) is 0 Å². The number of benzene rings is 1. The van der Waals surface area contributed by atoms with Crippen LogP contribution >= 0.6 is 23.4 Å². The highest BCUT2D eigenvalue weighted by atomic mass is 35.5. The van der Waals surface area contributed by atoms with E-state index in [9.17, 15) is 4.39 Å². The van der Waals surface area contributed by atoms with E-state index in [0.717, 1.165) is 17.1 Å². The first-order valence-electron chi connectivity index (χ1n) is 5.38. The van der Waals surface area contributed by atoms with Crippen LogP contribution in [0.5, 0.6) is 0 Å². The summed E-state index contributed by atoms with van der Waals surface area (Å²) < 4.78 is 13.1. The minimum Gasteiger partial charge on any atom is -0.309 e. The molecule has 4 heteroatoms. The second-order valence-electron chi connectivity index (χ2n) is 3.69. The lowest BCUT2D eigenvalue weighted by molar-refractivity contribution is 0.587. The van der Waals surface area contributed by atoms with Gasteiger partial charge < -0.3 is 5.32 Å². The van der Waals surface area contributed by atoms with Gasteiger partial charge in [0.25, 0.3) is 0 Å². The number of nitrogens with one attached hydrogen (secondary N) is 1. The Morgan fingerprint density at radius 3 is 2.88 bits per heavy atom. The van der Waals surface area contributed by atoms with Crippen LogP contribution in [0.4, 0.5) is 4.39 Å². The second kappa shape index (κ2) is 7.15. The smallest absolute Gasteiger partial charge is 0.142 e. The number of rotatable bonds is 6. The summed E-state index contributed by atoms with van der Waals surface area (Å²) in [6.07, 6.45) is 0. The molecule has 1 aromatic carbocycles. The van der Waals surface area contributed by atoms with Crippen molar-refractivity contribution in [3.05, 3.63) is 34.6 Å². The van der Waals surface area contributed by atoms with Gasteiger partial charge in [-0.15, -0.1) is 0 Å². The molecule has 0 spiro atoms. The fraction of sp³-hybridized carbons (Fsp3) is 0.500. The van der Waals surface area contributed by atoms with Crippen LogP contribution in [0.1, 0.15) is 19.4 Å². The molecule has 0 amide bonds. The van der Waals surface area contributed by atoms with E-state index in [1.807, 2.05) is 17.8 Å². The molecular formula is C12H17ClFNS. The molecule has 0 saturated heterocycles. The van der Waals surface area contributed by atoms with Gasteiger partial charge in [-0.3, -0.25) is 0 Å². The summed E-state index contributed by atoms with van der Waals surface area (Å²) in [5.41, 5.74) is 0.926. The van der Waals surface area contributed by atoms with E-state index in [2.05, 4.69) is 19.2 Å². The maximum atomic E-state index is 13.1. The number of halogens is 2. The number of thioether (sulfide) groups is 1. The largest absolute Gasteiger partial charge is 0.309 e. The molecular weight excluding hydrogens is 245 g/mol. The van der Waals surface area contributed by atoms with Crippen molar-refractivity contribution in [1.29, 1.82) is 0 Å². The van der Waals surface area contributed by atoms with Crippen LogP contribution in [0, 0.1) is 5.82 Å². The van der Waals surface area contributed by atoms with Gasteiger partial charge in [-0.2, -0.15) is 11.8 Å². The Morgan fingerprint density at radius 1 is 1.50 bits per heavy atom. The molecule has 1 aromatic rings. The molecule has 0 fully saturated rings. The average Bonchev–Trinajstić information content (AvgIpc) is 2.28. The summed E-state index contributed by atoms with van der Waals surface area (Å²) in [5, 5.41) is 3.53. The van der Waals surface area contributed by atoms with E-state index in [-0.39, 0.29) is 10.8 Å². The molecule has 0 radical (unpaired) electrons. The van der Waals surface area contributed by atoms with Crippen LogP contribution in [0.3, 0.4) is 0 Å². The molecule has 0 saturated carbocycles. The first-order valence-corrected chi connectivity index (χ1v) is 6.91. The molecule has 0 aliphatic rings. The van der Waals surface area contributed by atoms with Crippen molar-refractivity contribution >= 4 is 23.4 Å². The zero-order chi connectivity index (χ0) is 12.0. The highest BCUT2D eigenvalue weighted by Crippen LogP contribution is 2.15. The first kappa shape index (κ1) is 13.8. The van der Waals surface area contributed by atoms with Gasteiger partial charge in [0, 0.05) is 18.3 Å². The Balaban J connectivity index is 2.39. The SMILES string of the molecule is CCSCC(C)NCc1ccc(Cl)c(F)c1. The first-order chi connectivity index (χ1) is 7.63. The lowest BCUT2D eigenvalue weighted by Gasteiger charge is -2.13. The molecule has 16 heavy (non-hydrogen) atoms. The topological polar surface area (TPSA) is 12.0 Å². The van der Waals surface area contributed by atoms with Crippen molar-refractivity contribution in [1.82, 2.24) is 5.32 Å². The lowest BCUT2D eigenvalue weighted by Crippen LogP contribution is -2.27. The second-order valence-corrected chi connectivity index (χ2v) is 5.42. The summed E-state index contributed by atoms with van der Waals surface area (Å²) in [6, 6.07) is 5.36. The van der Waals surface area contributed by atoms with Gasteiger partial charge in [-0.1, -0.05) is 24.6 Å². The monoisotopic (exact) mass is 261 g/mol. The van der Waals surface area contributed by atoms with Crippen LogP contribution < -0.4 is 5.32 Å². The lowest BCUT2D eigenvalue weighted by atomic mass is 10.2. The third-order valence-electron chi connectivity index (χ3n) is 2.21. The quantitative estimate of drug-likeness (QED) is 0.838. The van der Waals surface area contributed by atoms with E-state index in [1.54, 1.807) is 6.07 Å².